The number of ether oxygens (including phenoxy) is 1. The number of aromatic nitrogens is 1. The number of thiazole rings is 1. The van der Waals surface area contributed by atoms with Crippen LogP contribution in [0, 0.1) is 0 Å². The summed E-state index contributed by atoms with van der Waals surface area (Å²) < 4.78 is 42.9. The summed E-state index contributed by atoms with van der Waals surface area (Å²) >= 11 is 1.72. The van der Waals surface area contributed by atoms with Crippen LogP contribution in [0.4, 0.5) is 5.69 Å². The highest BCUT2D eigenvalue weighted by Crippen LogP contribution is 2.39. The van der Waals surface area contributed by atoms with Crippen molar-refractivity contribution < 1.29 is 22.3 Å². The van der Waals surface area contributed by atoms with Crippen molar-refractivity contribution in [2.45, 2.75) is 20.4 Å². The number of hydrogen-bond acceptors (Lipinski definition) is 6. The first-order chi connectivity index (χ1) is 14.4. The van der Waals surface area contributed by atoms with Gasteiger partial charge in [-0.05, 0) is 37.6 Å². The van der Waals surface area contributed by atoms with Crippen molar-refractivity contribution in [2.24, 2.45) is 0 Å². The molecule has 0 fully saturated rings. The van der Waals surface area contributed by atoms with Crippen LogP contribution in [0.1, 0.15) is 18.9 Å². The largest absolute Gasteiger partial charge is 0.748 e. The fourth-order valence-electron chi connectivity index (χ4n) is 3.51. The predicted molar refractivity (Wildman–Crippen MR) is 118 cm³/mol. The van der Waals surface area contributed by atoms with Gasteiger partial charge in [-0.2, -0.15) is 4.57 Å². The van der Waals surface area contributed by atoms with Crippen LogP contribution in [0.3, 0.4) is 0 Å². The topological polar surface area (TPSA) is 73.5 Å². The van der Waals surface area contributed by atoms with Crippen molar-refractivity contribution in [3.8, 4) is 5.75 Å². The molecule has 0 amide bonds. The van der Waals surface area contributed by atoms with Gasteiger partial charge in [0.2, 0.25) is 11.4 Å². The van der Waals surface area contributed by atoms with Crippen molar-refractivity contribution in [1.82, 2.24) is 0 Å². The highest BCUT2D eigenvalue weighted by Gasteiger charge is 2.26. The van der Waals surface area contributed by atoms with Crippen LogP contribution < -0.4 is 14.2 Å². The molecule has 0 N–H and O–H groups in total. The Hall–Kier alpha value is -2.68. The molecule has 0 saturated heterocycles. The van der Waals surface area contributed by atoms with Gasteiger partial charge in [-0.25, -0.2) is 8.42 Å². The minimum absolute atomic E-state index is 0.0415. The molecule has 30 heavy (non-hydrogen) atoms. The van der Waals surface area contributed by atoms with Gasteiger partial charge in [0.25, 0.3) is 5.01 Å². The normalized spacial score (nSPS) is 15.6. The summed E-state index contributed by atoms with van der Waals surface area (Å²) in [5, 5.41) is 1.12. The Morgan fingerprint density at radius 1 is 1.20 bits per heavy atom. The van der Waals surface area contributed by atoms with Gasteiger partial charge in [-0.15, -0.1) is 0 Å². The Morgan fingerprint density at radius 2 is 1.93 bits per heavy atom. The molecule has 1 aliphatic heterocycles. The highest BCUT2D eigenvalue weighted by molar-refractivity contribution is 7.85. The van der Waals surface area contributed by atoms with E-state index in [4.69, 9.17) is 4.74 Å². The van der Waals surface area contributed by atoms with E-state index in [0.717, 1.165) is 22.8 Å². The lowest BCUT2D eigenvalue weighted by Gasteiger charge is -2.19. The number of benzene rings is 2. The van der Waals surface area contributed by atoms with Gasteiger partial charge >= 0.3 is 0 Å². The zero-order valence-corrected chi connectivity index (χ0v) is 18.4. The first-order valence-electron chi connectivity index (χ1n) is 9.65. The van der Waals surface area contributed by atoms with Gasteiger partial charge in [0.15, 0.2) is 5.75 Å². The molecule has 6 nitrogen and oxygen atoms in total. The monoisotopic (exact) mass is 442 g/mol. The molecule has 2 heterocycles. The van der Waals surface area contributed by atoms with Gasteiger partial charge in [-0.3, -0.25) is 0 Å². The number of para-hydroxylation sites is 3. The summed E-state index contributed by atoms with van der Waals surface area (Å²) in [6, 6.07) is 15.7. The molecule has 0 bridgehead atoms. The van der Waals surface area contributed by atoms with Crippen LogP contribution in [0.2, 0.25) is 0 Å². The minimum Gasteiger partial charge on any atom is -0.748 e. The lowest BCUT2D eigenvalue weighted by atomic mass is 10.2. The van der Waals surface area contributed by atoms with E-state index in [-0.39, 0.29) is 6.54 Å². The molecule has 0 aliphatic carbocycles. The van der Waals surface area contributed by atoms with E-state index < -0.39 is 15.9 Å². The van der Waals surface area contributed by atoms with Crippen molar-refractivity contribution in [2.75, 3.05) is 17.2 Å². The van der Waals surface area contributed by atoms with Crippen molar-refractivity contribution in [3.05, 3.63) is 71.1 Å². The summed E-state index contributed by atoms with van der Waals surface area (Å²) in [6.45, 7) is 4.99. The van der Waals surface area contributed by atoms with Crippen LogP contribution >= 0.6 is 11.3 Å². The van der Waals surface area contributed by atoms with Crippen molar-refractivity contribution in [3.63, 3.8) is 0 Å². The second kappa shape index (κ2) is 8.22. The van der Waals surface area contributed by atoms with Gasteiger partial charge in [0.05, 0.1) is 21.6 Å². The number of aryl methyl sites for hydroxylation is 1. The van der Waals surface area contributed by atoms with Crippen molar-refractivity contribution >= 4 is 43.4 Å². The summed E-state index contributed by atoms with van der Waals surface area (Å²) in [5.74, 6) is 0.666. The third kappa shape index (κ3) is 4.26. The molecule has 0 unspecified atom stereocenters. The van der Waals surface area contributed by atoms with Crippen LogP contribution in [0.5, 0.6) is 5.75 Å². The summed E-state index contributed by atoms with van der Waals surface area (Å²) in [7, 11) is -4.33. The van der Waals surface area contributed by atoms with E-state index >= 15 is 0 Å². The quantitative estimate of drug-likeness (QED) is 0.428. The Morgan fingerprint density at radius 3 is 2.70 bits per heavy atom. The molecule has 8 heteroatoms. The van der Waals surface area contributed by atoms with E-state index in [1.165, 1.54) is 10.2 Å². The first-order valence-corrected chi connectivity index (χ1v) is 12.0. The third-order valence-electron chi connectivity index (χ3n) is 4.86. The highest BCUT2D eigenvalue weighted by atomic mass is 32.2. The molecule has 2 aromatic carbocycles. The lowest BCUT2D eigenvalue weighted by molar-refractivity contribution is -0.665. The summed E-state index contributed by atoms with van der Waals surface area (Å²) in [5.41, 5.74) is 2.91. The van der Waals surface area contributed by atoms with E-state index in [1.54, 1.807) is 16.2 Å². The van der Waals surface area contributed by atoms with Gasteiger partial charge in [0, 0.05) is 24.8 Å². The molecule has 1 aromatic heterocycles. The van der Waals surface area contributed by atoms with Crippen LogP contribution in [-0.4, -0.2) is 25.3 Å². The third-order valence-corrected chi connectivity index (χ3v) is 6.65. The lowest BCUT2D eigenvalue weighted by Crippen LogP contribution is -2.33. The average molecular weight is 443 g/mol. The van der Waals surface area contributed by atoms with Crippen LogP contribution in [0.25, 0.3) is 16.3 Å². The molecule has 0 saturated carbocycles. The van der Waals surface area contributed by atoms with Crippen LogP contribution in [0.15, 0.2) is 66.1 Å². The molecular formula is C22H22N2O4S2. The number of nitrogens with zero attached hydrogens (tertiary/aromatic N) is 2. The number of anilines is 1. The molecule has 3 aromatic rings. The molecule has 156 valence electrons. The maximum Gasteiger partial charge on any atom is 0.262 e. The average Bonchev–Trinajstić information content (AvgIpc) is 3.22. The van der Waals surface area contributed by atoms with Gasteiger partial charge in [0.1, 0.15) is 11.2 Å². The zero-order chi connectivity index (χ0) is 21.3. The van der Waals surface area contributed by atoms with E-state index in [1.807, 2.05) is 49.4 Å². The second-order valence-corrected chi connectivity index (χ2v) is 9.59. The fourth-order valence-corrected chi connectivity index (χ4v) is 5.16. The number of fused-ring (bicyclic) bond motifs is 2. The predicted octanol–water partition coefficient (Wildman–Crippen LogP) is 3.90. The number of rotatable bonds is 6. The minimum atomic E-state index is -4.33. The Kier molecular flexibility index (Phi) is 5.64. The van der Waals surface area contributed by atoms with E-state index in [9.17, 15) is 13.0 Å². The van der Waals surface area contributed by atoms with E-state index in [0.29, 0.717) is 11.6 Å². The van der Waals surface area contributed by atoms with E-state index in [2.05, 4.69) is 29.7 Å². The Balaban J connectivity index is 1.69. The maximum absolute atomic E-state index is 11.2. The number of allylic oxidation sites excluding steroid dienone is 2. The number of hydrogen-bond donors (Lipinski definition) is 0. The molecule has 0 spiro atoms. The molecular weight excluding hydrogens is 420 g/mol. The molecule has 0 atom stereocenters. The second-order valence-electron chi connectivity index (χ2n) is 7.01. The maximum atomic E-state index is 11.2. The fraction of sp³-hybridized carbons (Fsp3) is 0.227. The molecule has 1 aliphatic rings. The smallest absolute Gasteiger partial charge is 0.262 e. The summed E-state index contributed by atoms with van der Waals surface area (Å²) in [4.78, 5) is 1.74. The molecule has 4 rings (SSSR count). The Bertz CT molecular complexity index is 1260. The van der Waals surface area contributed by atoms with Crippen LogP contribution in [-0.2, 0) is 16.7 Å². The standard InChI is InChI=1S/C22H22N2O4S2/c1-3-23-18-9-5-7-11-20(18)29-22(23)15-16(2)14-21-24(12-13-30(25,26)27)17-8-4-6-10-19(17)28-21/h4-11,14-15H,3,12-13H2,1-2H3. The Labute approximate surface area is 180 Å². The first kappa shape index (κ1) is 20.6. The zero-order valence-electron chi connectivity index (χ0n) is 16.7. The van der Waals surface area contributed by atoms with Gasteiger partial charge in [-0.1, -0.05) is 35.6 Å². The van der Waals surface area contributed by atoms with Crippen molar-refractivity contribution in [1.29, 1.82) is 0 Å². The summed E-state index contributed by atoms with van der Waals surface area (Å²) in [6.07, 6.45) is 3.97. The molecule has 0 radical (unpaired) electrons. The van der Waals surface area contributed by atoms with Gasteiger partial charge < -0.3 is 14.2 Å². The SMILES string of the molecule is CC[n+]1c(C=C(C)C=C2Oc3ccccc3N2CCS(=O)(=O)[O-])sc2ccccc21.